The smallest absolute Gasteiger partial charge is 0.272 e. The number of nitrogens with one attached hydrogen (secondary N) is 1. The van der Waals surface area contributed by atoms with Gasteiger partial charge in [0.25, 0.3) is 5.91 Å². The highest BCUT2D eigenvalue weighted by molar-refractivity contribution is 9.10. The number of halogens is 2. The minimum absolute atomic E-state index is 0.0837. The van der Waals surface area contributed by atoms with Crippen molar-refractivity contribution < 1.29 is 9.59 Å². The van der Waals surface area contributed by atoms with E-state index in [1.807, 2.05) is 42.1 Å². The van der Waals surface area contributed by atoms with Crippen molar-refractivity contribution in [1.29, 1.82) is 0 Å². The molecule has 3 aromatic heterocycles. The summed E-state index contributed by atoms with van der Waals surface area (Å²) in [5, 5.41) is 12.2. The average molecular weight is 583 g/mol. The van der Waals surface area contributed by atoms with Crippen LogP contribution in [0, 0.1) is 6.92 Å². The van der Waals surface area contributed by atoms with E-state index in [-0.39, 0.29) is 17.9 Å². The molecule has 37 heavy (non-hydrogen) atoms. The number of nitrogens with zero attached hydrogens (tertiary/aromatic N) is 6. The first-order chi connectivity index (χ1) is 17.9. The zero-order valence-electron chi connectivity index (χ0n) is 20.1. The van der Waals surface area contributed by atoms with E-state index in [0.717, 1.165) is 24.0 Å². The molecule has 11 heteroatoms. The first-order valence-corrected chi connectivity index (χ1v) is 13.1. The molecular weight excluding hydrogens is 558 g/mol. The van der Waals surface area contributed by atoms with Gasteiger partial charge in [-0.3, -0.25) is 14.3 Å². The van der Waals surface area contributed by atoms with Crippen LogP contribution in [0.2, 0.25) is 5.02 Å². The molecule has 0 saturated carbocycles. The number of likely N-dealkylation sites (tertiary alicyclic amines) is 1. The number of aryl methyl sites for hydroxylation is 1. The molecule has 0 bridgehead atoms. The predicted molar refractivity (Wildman–Crippen MR) is 144 cm³/mol. The molecule has 2 amide bonds. The van der Waals surface area contributed by atoms with E-state index in [0.29, 0.717) is 46.3 Å². The Morgan fingerprint density at radius 3 is 2.65 bits per heavy atom. The van der Waals surface area contributed by atoms with Crippen LogP contribution in [0.3, 0.4) is 0 Å². The minimum Gasteiger partial charge on any atom is -0.337 e. The van der Waals surface area contributed by atoms with Gasteiger partial charge in [-0.25, -0.2) is 9.67 Å². The molecule has 4 heterocycles. The van der Waals surface area contributed by atoms with Crippen molar-refractivity contribution in [2.24, 2.45) is 0 Å². The molecule has 1 saturated heterocycles. The third-order valence-electron chi connectivity index (χ3n) is 6.33. The third-order valence-corrected chi connectivity index (χ3v) is 7.02. The summed E-state index contributed by atoms with van der Waals surface area (Å²) in [6.45, 7) is 3.15. The molecular formula is C26H25BrClN7O2. The second-order valence-corrected chi connectivity index (χ2v) is 10.2. The molecule has 0 aliphatic carbocycles. The Balaban J connectivity index is 1.19. The Morgan fingerprint density at radius 2 is 1.92 bits per heavy atom. The Morgan fingerprint density at radius 1 is 1.16 bits per heavy atom. The molecule has 1 aliphatic heterocycles. The van der Waals surface area contributed by atoms with Crippen molar-refractivity contribution in [3.05, 3.63) is 87.5 Å². The molecule has 0 unspecified atom stereocenters. The van der Waals surface area contributed by atoms with Gasteiger partial charge >= 0.3 is 0 Å². The van der Waals surface area contributed by atoms with Crippen molar-refractivity contribution in [3.63, 3.8) is 0 Å². The number of anilines is 1. The van der Waals surface area contributed by atoms with Crippen molar-refractivity contribution in [2.45, 2.75) is 32.2 Å². The second-order valence-electron chi connectivity index (χ2n) is 9.02. The van der Waals surface area contributed by atoms with Gasteiger partial charge in [0, 0.05) is 31.5 Å². The summed E-state index contributed by atoms with van der Waals surface area (Å²) < 4.78 is 3.87. The molecule has 1 aliphatic rings. The molecule has 0 atom stereocenters. The van der Waals surface area contributed by atoms with Crippen LogP contribution in [0.15, 0.2) is 65.7 Å². The lowest BCUT2D eigenvalue weighted by atomic mass is 10.0. The number of carbonyl (C=O) groups is 2. The SMILES string of the molecule is Cc1ccc(CC(=O)Nc2cnn(C3CCN(C(=O)c4cc(Br)nn4-c4ncccc4Cl)CC3)c2)cc1. The van der Waals surface area contributed by atoms with Gasteiger partial charge in [0.15, 0.2) is 5.82 Å². The van der Waals surface area contributed by atoms with Crippen LogP contribution in [-0.4, -0.2) is 54.3 Å². The average Bonchev–Trinajstić information content (AvgIpc) is 3.52. The van der Waals surface area contributed by atoms with Gasteiger partial charge in [-0.05, 0) is 53.4 Å². The molecule has 1 aromatic carbocycles. The second kappa shape index (κ2) is 10.9. The topological polar surface area (TPSA) is 97.9 Å². The number of benzene rings is 1. The van der Waals surface area contributed by atoms with Crippen molar-refractivity contribution in [1.82, 2.24) is 29.4 Å². The van der Waals surface area contributed by atoms with E-state index in [9.17, 15) is 9.59 Å². The molecule has 190 valence electrons. The van der Waals surface area contributed by atoms with E-state index in [4.69, 9.17) is 11.6 Å². The quantitative estimate of drug-likeness (QED) is 0.351. The largest absolute Gasteiger partial charge is 0.337 e. The number of hydrogen-bond donors (Lipinski definition) is 1. The van der Waals surface area contributed by atoms with Crippen LogP contribution in [0.5, 0.6) is 0 Å². The van der Waals surface area contributed by atoms with Crippen LogP contribution in [0.4, 0.5) is 5.69 Å². The van der Waals surface area contributed by atoms with Crippen LogP contribution in [0.1, 0.15) is 40.5 Å². The standard InChI is InChI=1S/C26H25BrClN7O2/c1-17-4-6-18(7-5-17)13-24(36)31-19-15-30-34(16-19)20-8-11-33(12-9-20)26(37)22-14-23(27)32-35(22)25-21(28)3-2-10-29-25/h2-7,10,14-16,20H,8-9,11-13H2,1H3,(H,31,36). The maximum atomic E-state index is 13.4. The number of pyridine rings is 1. The lowest BCUT2D eigenvalue weighted by molar-refractivity contribution is -0.115. The zero-order valence-corrected chi connectivity index (χ0v) is 22.5. The Hall–Kier alpha value is -3.50. The van der Waals surface area contributed by atoms with Crippen molar-refractivity contribution >= 4 is 45.0 Å². The normalized spacial score (nSPS) is 14.1. The third kappa shape index (κ3) is 5.75. The molecule has 9 nitrogen and oxygen atoms in total. The lowest BCUT2D eigenvalue weighted by Crippen LogP contribution is -2.40. The Labute approximate surface area is 227 Å². The van der Waals surface area contributed by atoms with Gasteiger partial charge in [-0.2, -0.15) is 10.2 Å². The Kier molecular flexibility index (Phi) is 7.38. The lowest BCUT2D eigenvalue weighted by Gasteiger charge is -2.32. The summed E-state index contributed by atoms with van der Waals surface area (Å²) in [4.78, 5) is 31.9. The van der Waals surface area contributed by atoms with Crippen molar-refractivity contribution in [3.8, 4) is 5.82 Å². The summed E-state index contributed by atoms with van der Waals surface area (Å²) in [5.74, 6) is 0.184. The zero-order chi connectivity index (χ0) is 25.9. The highest BCUT2D eigenvalue weighted by Gasteiger charge is 2.28. The van der Waals surface area contributed by atoms with Gasteiger partial charge in [0.2, 0.25) is 5.91 Å². The molecule has 5 rings (SSSR count). The van der Waals surface area contributed by atoms with Gasteiger partial charge in [0.1, 0.15) is 10.3 Å². The molecule has 1 fully saturated rings. The molecule has 4 aromatic rings. The van der Waals surface area contributed by atoms with E-state index >= 15 is 0 Å². The van der Waals surface area contributed by atoms with E-state index < -0.39 is 0 Å². The fraction of sp³-hybridized carbons (Fsp3) is 0.269. The van der Waals surface area contributed by atoms with E-state index in [1.54, 1.807) is 35.5 Å². The number of amides is 2. The number of carbonyl (C=O) groups excluding carboxylic acids is 2. The number of hydrogen-bond acceptors (Lipinski definition) is 5. The summed E-state index contributed by atoms with van der Waals surface area (Å²) >= 11 is 9.66. The minimum atomic E-state index is -0.136. The number of rotatable bonds is 6. The van der Waals surface area contributed by atoms with Gasteiger partial charge < -0.3 is 10.2 Å². The predicted octanol–water partition coefficient (Wildman–Crippen LogP) is 4.85. The first-order valence-electron chi connectivity index (χ1n) is 11.9. The summed E-state index contributed by atoms with van der Waals surface area (Å²) in [6.07, 6.45) is 6.91. The van der Waals surface area contributed by atoms with Gasteiger partial charge in [-0.15, -0.1) is 0 Å². The van der Waals surface area contributed by atoms with E-state index in [1.165, 1.54) is 4.68 Å². The first kappa shape index (κ1) is 25.2. The van der Waals surface area contributed by atoms with Gasteiger partial charge in [0.05, 0.1) is 29.4 Å². The van der Waals surface area contributed by atoms with Gasteiger partial charge in [-0.1, -0.05) is 41.4 Å². The van der Waals surface area contributed by atoms with E-state index in [2.05, 4.69) is 36.4 Å². The van der Waals surface area contributed by atoms with Crippen LogP contribution in [0.25, 0.3) is 5.82 Å². The maximum absolute atomic E-state index is 13.4. The molecule has 0 radical (unpaired) electrons. The maximum Gasteiger partial charge on any atom is 0.272 e. The summed E-state index contributed by atoms with van der Waals surface area (Å²) in [7, 11) is 0. The fourth-order valence-electron chi connectivity index (χ4n) is 4.39. The molecule has 1 N–H and O–H groups in total. The fourth-order valence-corrected chi connectivity index (χ4v) is 4.97. The number of piperidine rings is 1. The summed E-state index contributed by atoms with van der Waals surface area (Å²) in [6, 6.07) is 13.2. The Bertz CT molecular complexity index is 1420. The van der Waals surface area contributed by atoms with Crippen LogP contribution in [-0.2, 0) is 11.2 Å². The van der Waals surface area contributed by atoms with Crippen LogP contribution >= 0.6 is 27.5 Å². The highest BCUT2D eigenvalue weighted by atomic mass is 79.9. The highest BCUT2D eigenvalue weighted by Crippen LogP contribution is 2.27. The monoisotopic (exact) mass is 581 g/mol. The molecule has 0 spiro atoms. The van der Waals surface area contributed by atoms with Crippen molar-refractivity contribution in [2.75, 3.05) is 18.4 Å². The summed E-state index contributed by atoms with van der Waals surface area (Å²) in [5.41, 5.74) is 3.18. The van der Waals surface area contributed by atoms with Crippen LogP contribution < -0.4 is 5.32 Å². The number of aromatic nitrogens is 5.